The van der Waals surface area contributed by atoms with Crippen LogP contribution in [0.25, 0.3) is 0 Å². The second-order valence-corrected chi connectivity index (χ2v) is 3.17. The lowest BCUT2D eigenvalue weighted by molar-refractivity contribution is 0.0905. The van der Waals surface area contributed by atoms with Crippen molar-refractivity contribution < 1.29 is 4.74 Å². The number of methoxy groups -OCH3 is 1. The van der Waals surface area contributed by atoms with Crippen LogP contribution in [0.5, 0.6) is 0 Å². The van der Waals surface area contributed by atoms with Gasteiger partial charge in [-0.3, -0.25) is 10.4 Å². The second-order valence-electron chi connectivity index (χ2n) is 3.17. The Morgan fingerprint density at radius 2 is 2.31 bits per heavy atom. The lowest BCUT2D eigenvalue weighted by atomic mass is 10.2. The molecule has 0 heterocycles. The number of hydrogen-bond donors (Lipinski definition) is 3. The van der Waals surface area contributed by atoms with E-state index in [1.165, 1.54) is 6.42 Å². The third kappa shape index (κ3) is 2.57. The number of nitrogens with zero attached hydrogens (tertiary/aromatic N) is 1. The van der Waals surface area contributed by atoms with Gasteiger partial charge in [-0.1, -0.05) is 0 Å². The Morgan fingerprint density at radius 3 is 2.85 bits per heavy atom. The number of rotatable bonds is 2. The highest BCUT2D eigenvalue weighted by Crippen LogP contribution is 2.21. The summed E-state index contributed by atoms with van der Waals surface area (Å²) in [6.07, 6.45) is 3.69. The average molecular weight is 186 g/mol. The standard InChI is InChI=1S/C8H18N4O/c1-10-8(12-9)11-6-4-3-5-7(6)13-2/h6-7H,3-5,9H2,1-2H3,(H2,10,11,12). The van der Waals surface area contributed by atoms with Gasteiger partial charge in [-0.25, -0.2) is 5.84 Å². The van der Waals surface area contributed by atoms with E-state index < -0.39 is 0 Å². The summed E-state index contributed by atoms with van der Waals surface area (Å²) in [7, 11) is 3.43. The van der Waals surface area contributed by atoms with Crippen molar-refractivity contribution >= 4 is 5.96 Å². The fourth-order valence-corrected chi connectivity index (χ4v) is 1.72. The average Bonchev–Trinajstić information content (AvgIpc) is 2.61. The summed E-state index contributed by atoms with van der Waals surface area (Å²) in [6.45, 7) is 0. The molecule has 5 heteroatoms. The predicted octanol–water partition coefficient (Wildman–Crippen LogP) is -0.407. The molecule has 0 aromatic heterocycles. The van der Waals surface area contributed by atoms with Crippen LogP contribution in [0.2, 0.25) is 0 Å². The summed E-state index contributed by atoms with van der Waals surface area (Å²) in [6, 6.07) is 0.333. The minimum Gasteiger partial charge on any atom is -0.379 e. The van der Waals surface area contributed by atoms with Gasteiger partial charge in [0.2, 0.25) is 5.96 Å². The maximum Gasteiger partial charge on any atom is 0.205 e. The minimum absolute atomic E-state index is 0.282. The van der Waals surface area contributed by atoms with Gasteiger partial charge >= 0.3 is 0 Å². The summed E-state index contributed by atoms with van der Waals surface area (Å²) in [4.78, 5) is 3.95. The quantitative estimate of drug-likeness (QED) is 0.237. The Kier molecular flexibility index (Phi) is 3.98. The van der Waals surface area contributed by atoms with Crippen LogP contribution < -0.4 is 16.6 Å². The molecular weight excluding hydrogens is 168 g/mol. The fourth-order valence-electron chi connectivity index (χ4n) is 1.72. The van der Waals surface area contributed by atoms with Crippen molar-refractivity contribution in [3.8, 4) is 0 Å². The molecule has 1 aliphatic carbocycles. The Balaban J connectivity index is 2.43. The van der Waals surface area contributed by atoms with E-state index in [0.29, 0.717) is 12.0 Å². The molecule has 1 rings (SSSR count). The molecule has 0 amide bonds. The summed E-state index contributed by atoms with van der Waals surface area (Å²) in [5.74, 6) is 5.88. The predicted molar refractivity (Wildman–Crippen MR) is 52.3 cm³/mol. The number of nitrogens with two attached hydrogens (primary N) is 1. The lowest BCUT2D eigenvalue weighted by Gasteiger charge is -2.20. The number of ether oxygens (including phenoxy) is 1. The van der Waals surface area contributed by atoms with Gasteiger partial charge in [0.1, 0.15) is 0 Å². The zero-order valence-corrected chi connectivity index (χ0v) is 8.21. The molecule has 0 aromatic carbocycles. The van der Waals surface area contributed by atoms with Crippen LogP contribution in [0.1, 0.15) is 19.3 Å². The van der Waals surface area contributed by atoms with E-state index >= 15 is 0 Å². The zero-order chi connectivity index (χ0) is 9.68. The molecule has 2 atom stereocenters. The molecule has 0 aromatic rings. The van der Waals surface area contributed by atoms with Crippen LogP contribution in [-0.2, 0) is 4.74 Å². The first-order valence-corrected chi connectivity index (χ1v) is 4.54. The van der Waals surface area contributed by atoms with Crippen molar-refractivity contribution in [1.29, 1.82) is 0 Å². The van der Waals surface area contributed by atoms with E-state index in [1.54, 1.807) is 14.2 Å². The first kappa shape index (κ1) is 10.3. The van der Waals surface area contributed by atoms with Gasteiger partial charge in [-0.05, 0) is 19.3 Å². The molecule has 0 spiro atoms. The highest BCUT2D eigenvalue weighted by Gasteiger charge is 2.27. The Bertz CT molecular complexity index is 183. The van der Waals surface area contributed by atoms with Gasteiger partial charge in [-0.15, -0.1) is 0 Å². The Hall–Kier alpha value is -0.810. The highest BCUT2D eigenvalue weighted by molar-refractivity contribution is 5.79. The van der Waals surface area contributed by atoms with Crippen LogP contribution in [0, 0.1) is 0 Å². The van der Waals surface area contributed by atoms with E-state index in [2.05, 4.69) is 15.7 Å². The third-order valence-corrected chi connectivity index (χ3v) is 2.44. The zero-order valence-electron chi connectivity index (χ0n) is 8.21. The number of guanidine groups is 1. The van der Waals surface area contributed by atoms with Gasteiger partial charge in [0.05, 0.1) is 12.1 Å². The number of nitrogens with one attached hydrogen (secondary N) is 2. The van der Waals surface area contributed by atoms with E-state index in [-0.39, 0.29) is 6.10 Å². The molecule has 1 saturated carbocycles. The molecule has 1 fully saturated rings. The molecule has 4 N–H and O–H groups in total. The first-order valence-electron chi connectivity index (χ1n) is 4.54. The van der Waals surface area contributed by atoms with Crippen molar-refractivity contribution in [3.05, 3.63) is 0 Å². The molecule has 0 radical (unpaired) electrons. The molecule has 0 aliphatic heterocycles. The van der Waals surface area contributed by atoms with Gasteiger partial charge in [0, 0.05) is 14.2 Å². The molecular formula is C8H18N4O. The van der Waals surface area contributed by atoms with Crippen molar-refractivity contribution in [2.24, 2.45) is 10.8 Å². The molecule has 76 valence electrons. The van der Waals surface area contributed by atoms with Crippen LogP contribution in [-0.4, -0.2) is 32.3 Å². The molecule has 5 nitrogen and oxygen atoms in total. The van der Waals surface area contributed by atoms with E-state index in [4.69, 9.17) is 10.6 Å². The maximum absolute atomic E-state index is 5.33. The molecule has 1 aliphatic rings. The van der Waals surface area contributed by atoms with Crippen molar-refractivity contribution in [1.82, 2.24) is 10.7 Å². The third-order valence-electron chi connectivity index (χ3n) is 2.44. The number of hydrazine groups is 1. The van der Waals surface area contributed by atoms with Crippen LogP contribution in [0.4, 0.5) is 0 Å². The molecule has 13 heavy (non-hydrogen) atoms. The summed E-state index contributed by atoms with van der Waals surface area (Å²) in [5.41, 5.74) is 2.51. The van der Waals surface area contributed by atoms with Crippen molar-refractivity contribution in [2.45, 2.75) is 31.4 Å². The number of aliphatic imine (C=N–C) groups is 1. The SMILES string of the molecule is CN=C(NN)NC1CCCC1OC. The smallest absolute Gasteiger partial charge is 0.205 e. The maximum atomic E-state index is 5.33. The van der Waals surface area contributed by atoms with Crippen LogP contribution >= 0.6 is 0 Å². The minimum atomic E-state index is 0.282. The molecule has 0 saturated heterocycles. The van der Waals surface area contributed by atoms with Crippen molar-refractivity contribution in [3.63, 3.8) is 0 Å². The van der Waals surface area contributed by atoms with Crippen LogP contribution in [0.15, 0.2) is 4.99 Å². The Labute approximate surface area is 78.7 Å². The normalized spacial score (nSPS) is 29.0. The Morgan fingerprint density at radius 1 is 1.54 bits per heavy atom. The monoisotopic (exact) mass is 186 g/mol. The number of hydrogen-bond acceptors (Lipinski definition) is 3. The van der Waals surface area contributed by atoms with E-state index in [1.807, 2.05) is 0 Å². The van der Waals surface area contributed by atoms with Gasteiger partial charge in [-0.2, -0.15) is 0 Å². The largest absolute Gasteiger partial charge is 0.379 e. The van der Waals surface area contributed by atoms with E-state index in [9.17, 15) is 0 Å². The van der Waals surface area contributed by atoms with Gasteiger partial charge in [0.15, 0.2) is 0 Å². The topological polar surface area (TPSA) is 71.7 Å². The van der Waals surface area contributed by atoms with E-state index in [0.717, 1.165) is 12.8 Å². The molecule has 2 unspecified atom stereocenters. The second kappa shape index (κ2) is 5.04. The highest BCUT2D eigenvalue weighted by atomic mass is 16.5. The first-order chi connectivity index (χ1) is 6.31. The molecule has 0 bridgehead atoms. The van der Waals surface area contributed by atoms with Gasteiger partial charge < -0.3 is 10.1 Å². The summed E-state index contributed by atoms with van der Waals surface area (Å²) < 4.78 is 5.33. The fraction of sp³-hybridized carbons (Fsp3) is 0.875. The van der Waals surface area contributed by atoms with Crippen molar-refractivity contribution in [2.75, 3.05) is 14.2 Å². The summed E-state index contributed by atoms with van der Waals surface area (Å²) in [5, 5.41) is 3.21. The lowest BCUT2D eigenvalue weighted by Crippen LogP contribution is -2.49. The van der Waals surface area contributed by atoms with Crippen LogP contribution in [0.3, 0.4) is 0 Å². The van der Waals surface area contributed by atoms with Gasteiger partial charge in [0.25, 0.3) is 0 Å². The summed E-state index contributed by atoms with van der Waals surface area (Å²) >= 11 is 0.